The number of hydrogen-bond donors (Lipinski definition) is 2. The molecule has 1 heterocycles. The first-order valence-electron chi connectivity index (χ1n) is 5.88. The van der Waals surface area contributed by atoms with Crippen molar-refractivity contribution < 1.29 is 15.1 Å². The summed E-state index contributed by atoms with van der Waals surface area (Å²) in [4.78, 5) is 0. The molecule has 1 saturated heterocycles. The molecule has 0 aromatic heterocycles. The monoisotopic (exact) mass is 271 g/mol. The molecular weight excluding hydrogens is 254 g/mol. The molecule has 0 amide bonds. The molecule has 2 rings (SSSR count). The average molecular weight is 272 g/mol. The first-order valence-corrected chi connectivity index (χ1v) is 6.26. The first-order chi connectivity index (χ1) is 8.27. The summed E-state index contributed by atoms with van der Waals surface area (Å²) < 4.78 is 5.60. The molecule has 2 N–H and O–H groups in total. The summed E-state index contributed by atoms with van der Waals surface area (Å²) in [5, 5.41) is 22.5. The number of morpholine rings is 1. The maximum atomic E-state index is 10.6. The van der Waals surface area contributed by atoms with E-state index in [1.54, 1.807) is 31.2 Å². The Balaban J connectivity index is 2.34. The van der Waals surface area contributed by atoms with Crippen LogP contribution >= 0.6 is 11.6 Å². The lowest BCUT2D eigenvalue weighted by Crippen LogP contribution is -2.63. The second-order valence-electron chi connectivity index (χ2n) is 5.32. The number of nitrogens with zero attached hydrogens (tertiary/aromatic N) is 1. The van der Waals surface area contributed by atoms with Gasteiger partial charge in [0, 0.05) is 10.6 Å². The number of aliphatic hydroxyl groups is 1. The minimum Gasteiger partial charge on any atom is -0.361 e. The lowest BCUT2D eigenvalue weighted by molar-refractivity contribution is -0.363. The van der Waals surface area contributed by atoms with Crippen LogP contribution in [0.2, 0.25) is 5.02 Å². The van der Waals surface area contributed by atoms with Crippen molar-refractivity contribution in [1.82, 2.24) is 5.06 Å². The van der Waals surface area contributed by atoms with E-state index >= 15 is 0 Å². The lowest BCUT2D eigenvalue weighted by atomic mass is 9.92. The molecular formula is C13H18ClNO3. The fourth-order valence-corrected chi connectivity index (χ4v) is 2.30. The van der Waals surface area contributed by atoms with Gasteiger partial charge in [-0.3, -0.25) is 0 Å². The van der Waals surface area contributed by atoms with Crippen LogP contribution < -0.4 is 0 Å². The van der Waals surface area contributed by atoms with Crippen LogP contribution in [0.25, 0.3) is 0 Å². The summed E-state index contributed by atoms with van der Waals surface area (Å²) in [7, 11) is 0. The molecule has 100 valence electrons. The van der Waals surface area contributed by atoms with Gasteiger partial charge in [0.15, 0.2) is 0 Å². The quantitative estimate of drug-likeness (QED) is 0.823. The smallest absolute Gasteiger partial charge is 0.210 e. The van der Waals surface area contributed by atoms with Crippen LogP contribution in [0.5, 0.6) is 0 Å². The minimum atomic E-state index is -1.53. The zero-order valence-electron chi connectivity index (χ0n) is 10.7. The van der Waals surface area contributed by atoms with Crippen LogP contribution in [0.3, 0.4) is 0 Å². The van der Waals surface area contributed by atoms with Gasteiger partial charge in [-0.05, 0) is 32.9 Å². The van der Waals surface area contributed by atoms with Crippen LogP contribution in [0, 0.1) is 0 Å². The Kier molecular flexibility index (Phi) is 3.42. The highest BCUT2D eigenvalue weighted by Crippen LogP contribution is 2.37. The van der Waals surface area contributed by atoms with Crippen LogP contribution in [0.15, 0.2) is 24.3 Å². The van der Waals surface area contributed by atoms with Crippen molar-refractivity contribution in [3.8, 4) is 0 Å². The van der Waals surface area contributed by atoms with Gasteiger partial charge in [-0.25, -0.2) is 0 Å². The molecule has 1 aromatic carbocycles. The van der Waals surface area contributed by atoms with Crippen LogP contribution in [-0.2, 0) is 10.5 Å². The summed E-state index contributed by atoms with van der Waals surface area (Å²) >= 11 is 5.82. The molecule has 1 fully saturated rings. The third-order valence-corrected chi connectivity index (χ3v) is 3.71. The van der Waals surface area contributed by atoms with E-state index in [1.165, 1.54) is 0 Å². The van der Waals surface area contributed by atoms with E-state index in [0.717, 1.165) is 5.06 Å². The Bertz CT molecular complexity index is 434. The van der Waals surface area contributed by atoms with Crippen molar-refractivity contribution in [2.24, 2.45) is 0 Å². The molecule has 2 atom stereocenters. The fraction of sp³-hybridized carbons (Fsp3) is 0.538. The zero-order chi connectivity index (χ0) is 13.6. The maximum Gasteiger partial charge on any atom is 0.210 e. The van der Waals surface area contributed by atoms with E-state index in [9.17, 15) is 10.3 Å². The van der Waals surface area contributed by atoms with Gasteiger partial charge in [-0.2, -0.15) is 5.06 Å². The van der Waals surface area contributed by atoms with Gasteiger partial charge in [0.25, 0.3) is 0 Å². The van der Waals surface area contributed by atoms with E-state index in [4.69, 9.17) is 16.3 Å². The standard InChI is InChI=1S/C13H18ClNO3/c1-9-13(16,10-4-6-11(14)7-5-10)18-8-12(2,3)15(9)17/h4-7,9,16-17H,8H2,1-3H3. The predicted octanol–water partition coefficient (Wildman–Crippen LogP) is 2.37. The van der Waals surface area contributed by atoms with E-state index in [0.29, 0.717) is 10.6 Å². The summed E-state index contributed by atoms with van der Waals surface area (Å²) in [6, 6.07) is 6.19. The second kappa shape index (κ2) is 4.47. The molecule has 1 aliphatic heterocycles. The summed E-state index contributed by atoms with van der Waals surface area (Å²) in [6.07, 6.45) is 0. The number of ether oxygens (including phenoxy) is 1. The molecule has 0 radical (unpaired) electrons. The highest BCUT2D eigenvalue weighted by molar-refractivity contribution is 6.30. The van der Waals surface area contributed by atoms with Gasteiger partial charge in [-0.15, -0.1) is 0 Å². The molecule has 0 bridgehead atoms. The number of halogens is 1. The first kappa shape index (κ1) is 13.8. The van der Waals surface area contributed by atoms with Crippen molar-refractivity contribution in [2.75, 3.05) is 6.61 Å². The molecule has 0 saturated carbocycles. The number of rotatable bonds is 1. The van der Waals surface area contributed by atoms with Gasteiger partial charge in [-0.1, -0.05) is 23.7 Å². The van der Waals surface area contributed by atoms with Gasteiger partial charge in [0.1, 0.15) is 0 Å². The predicted molar refractivity (Wildman–Crippen MR) is 68.5 cm³/mol. The highest BCUT2D eigenvalue weighted by atomic mass is 35.5. The maximum absolute atomic E-state index is 10.6. The Morgan fingerprint density at radius 1 is 1.33 bits per heavy atom. The van der Waals surface area contributed by atoms with E-state index in [2.05, 4.69) is 0 Å². The molecule has 0 aliphatic carbocycles. The van der Waals surface area contributed by atoms with Gasteiger partial charge in [0.2, 0.25) is 5.79 Å². The number of benzene rings is 1. The Labute approximate surface area is 112 Å². The van der Waals surface area contributed by atoms with Crippen LogP contribution in [-0.4, -0.2) is 33.6 Å². The summed E-state index contributed by atoms with van der Waals surface area (Å²) in [6.45, 7) is 5.65. The van der Waals surface area contributed by atoms with Crippen LogP contribution in [0.1, 0.15) is 26.3 Å². The zero-order valence-corrected chi connectivity index (χ0v) is 11.5. The lowest BCUT2D eigenvalue weighted by Gasteiger charge is -2.50. The van der Waals surface area contributed by atoms with Gasteiger partial charge < -0.3 is 15.1 Å². The third kappa shape index (κ3) is 2.15. The normalized spacial score (nSPS) is 32.4. The van der Waals surface area contributed by atoms with E-state index in [-0.39, 0.29) is 6.61 Å². The summed E-state index contributed by atoms with van der Waals surface area (Å²) in [5.41, 5.74) is 0.0480. The second-order valence-corrected chi connectivity index (χ2v) is 5.76. The van der Waals surface area contributed by atoms with Crippen molar-refractivity contribution >= 4 is 11.6 Å². The molecule has 0 spiro atoms. The average Bonchev–Trinajstić information content (AvgIpc) is 2.33. The molecule has 5 heteroatoms. The molecule has 4 nitrogen and oxygen atoms in total. The van der Waals surface area contributed by atoms with E-state index in [1.807, 2.05) is 13.8 Å². The van der Waals surface area contributed by atoms with Crippen molar-refractivity contribution in [2.45, 2.75) is 38.1 Å². The number of hydrogen-bond acceptors (Lipinski definition) is 4. The van der Waals surface area contributed by atoms with Gasteiger partial charge >= 0.3 is 0 Å². The molecule has 1 aliphatic rings. The van der Waals surface area contributed by atoms with Crippen LogP contribution in [0.4, 0.5) is 0 Å². The Hall–Kier alpha value is -0.650. The van der Waals surface area contributed by atoms with Gasteiger partial charge in [0.05, 0.1) is 18.2 Å². The van der Waals surface area contributed by atoms with Crippen molar-refractivity contribution in [3.05, 3.63) is 34.9 Å². The Morgan fingerprint density at radius 2 is 1.89 bits per heavy atom. The Morgan fingerprint density at radius 3 is 2.44 bits per heavy atom. The molecule has 2 unspecified atom stereocenters. The largest absolute Gasteiger partial charge is 0.361 e. The van der Waals surface area contributed by atoms with E-state index < -0.39 is 17.4 Å². The third-order valence-electron chi connectivity index (χ3n) is 3.46. The SMILES string of the molecule is CC1N(O)C(C)(C)COC1(O)c1ccc(Cl)cc1. The molecule has 18 heavy (non-hydrogen) atoms. The van der Waals surface area contributed by atoms with Crippen molar-refractivity contribution in [3.63, 3.8) is 0 Å². The molecule has 1 aromatic rings. The number of hydroxylamine groups is 2. The summed E-state index contributed by atoms with van der Waals surface area (Å²) in [5.74, 6) is -1.53. The minimum absolute atomic E-state index is 0.229. The topological polar surface area (TPSA) is 52.9 Å². The van der Waals surface area contributed by atoms with Crippen molar-refractivity contribution in [1.29, 1.82) is 0 Å². The fourth-order valence-electron chi connectivity index (χ4n) is 2.18. The highest BCUT2D eigenvalue weighted by Gasteiger charge is 2.50.